The number of thioether (sulfide) groups is 1. The average Bonchev–Trinajstić information content (AvgIpc) is 2.96. The van der Waals surface area contributed by atoms with Crippen molar-refractivity contribution in [2.75, 3.05) is 5.75 Å². The Balaban J connectivity index is 4.72. The SMILES string of the molecule is CCCCCCCCCCC(CCCCCCCCC)C(CCCCCCCCC)SCCCCCCCCC. The van der Waals surface area contributed by atoms with E-state index in [1.807, 2.05) is 0 Å². The predicted octanol–water partition coefficient (Wildman–Crippen LogP) is 15.3. The standard InChI is InChI=1S/C39H80S/c1-5-9-13-17-21-24-27-31-35-38(34-30-26-22-18-14-10-6-2)39(36-32-28-23-19-15-11-7-3)40-37-33-29-25-20-16-12-8-4/h38-39H,5-37H2,1-4H3. The van der Waals surface area contributed by atoms with Gasteiger partial charge < -0.3 is 0 Å². The van der Waals surface area contributed by atoms with Crippen LogP contribution in [0.2, 0.25) is 0 Å². The maximum absolute atomic E-state index is 2.42. The normalized spacial score (nSPS) is 13.2. The number of unbranched alkanes of at least 4 members (excludes halogenated alkanes) is 25. The van der Waals surface area contributed by atoms with Crippen LogP contribution in [-0.2, 0) is 0 Å². The summed E-state index contributed by atoms with van der Waals surface area (Å²) in [6.07, 6.45) is 46.9. The van der Waals surface area contributed by atoms with Crippen molar-refractivity contribution in [3.8, 4) is 0 Å². The quantitative estimate of drug-likeness (QED) is 0.0672. The van der Waals surface area contributed by atoms with Crippen LogP contribution in [0.1, 0.15) is 233 Å². The fourth-order valence-electron chi connectivity index (χ4n) is 6.47. The molecular formula is C39H80S. The Hall–Kier alpha value is 0.350. The van der Waals surface area contributed by atoms with E-state index in [0.29, 0.717) is 0 Å². The zero-order valence-corrected chi connectivity index (χ0v) is 29.7. The molecule has 1 heteroatoms. The molecule has 2 unspecified atom stereocenters. The molecule has 0 radical (unpaired) electrons. The molecule has 0 aromatic rings. The first-order chi connectivity index (χ1) is 19.8. The molecule has 0 N–H and O–H groups in total. The van der Waals surface area contributed by atoms with Crippen LogP contribution in [0.4, 0.5) is 0 Å². The van der Waals surface area contributed by atoms with Crippen LogP contribution in [-0.4, -0.2) is 11.0 Å². The molecule has 0 saturated heterocycles. The van der Waals surface area contributed by atoms with E-state index >= 15 is 0 Å². The second-order valence-electron chi connectivity index (χ2n) is 13.4. The smallest absolute Gasteiger partial charge is 0.00753 e. The summed E-state index contributed by atoms with van der Waals surface area (Å²) in [5, 5.41) is 0.945. The Bertz CT molecular complexity index is 393. The van der Waals surface area contributed by atoms with Gasteiger partial charge in [-0.1, -0.05) is 207 Å². The summed E-state index contributed by atoms with van der Waals surface area (Å²) >= 11 is 2.42. The van der Waals surface area contributed by atoms with Crippen LogP contribution in [0.5, 0.6) is 0 Å². The van der Waals surface area contributed by atoms with Gasteiger partial charge in [0.15, 0.2) is 0 Å². The van der Waals surface area contributed by atoms with E-state index in [2.05, 4.69) is 39.5 Å². The molecule has 0 bridgehead atoms. The monoisotopic (exact) mass is 581 g/mol. The zero-order valence-electron chi connectivity index (χ0n) is 28.9. The van der Waals surface area contributed by atoms with Crippen LogP contribution in [0.25, 0.3) is 0 Å². The van der Waals surface area contributed by atoms with Gasteiger partial charge in [-0.3, -0.25) is 0 Å². The topological polar surface area (TPSA) is 0 Å². The van der Waals surface area contributed by atoms with Gasteiger partial charge in [0.1, 0.15) is 0 Å². The molecule has 0 rings (SSSR count). The summed E-state index contributed by atoms with van der Waals surface area (Å²) in [6, 6.07) is 0. The first-order valence-electron chi connectivity index (χ1n) is 19.4. The van der Waals surface area contributed by atoms with Crippen molar-refractivity contribution in [2.24, 2.45) is 5.92 Å². The molecule has 0 aliphatic carbocycles. The zero-order chi connectivity index (χ0) is 29.2. The molecule has 0 fully saturated rings. The van der Waals surface area contributed by atoms with Gasteiger partial charge in [0.25, 0.3) is 0 Å². The number of hydrogen-bond donors (Lipinski definition) is 0. The molecule has 0 aromatic heterocycles. The molecule has 2 atom stereocenters. The third-order valence-corrected chi connectivity index (χ3v) is 10.9. The minimum atomic E-state index is 0.945. The van der Waals surface area contributed by atoms with Crippen molar-refractivity contribution in [3.05, 3.63) is 0 Å². The highest BCUT2D eigenvalue weighted by atomic mass is 32.2. The van der Waals surface area contributed by atoms with E-state index in [-0.39, 0.29) is 0 Å². The molecule has 0 nitrogen and oxygen atoms in total. The second kappa shape index (κ2) is 35.5. The molecule has 0 aromatic carbocycles. The second-order valence-corrected chi connectivity index (χ2v) is 14.7. The summed E-state index contributed by atoms with van der Waals surface area (Å²) in [5.74, 6) is 2.42. The lowest BCUT2D eigenvalue weighted by molar-refractivity contribution is 0.374. The van der Waals surface area contributed by atoms with E-state index in [9.17, 15) is 0 Å². The highest BCUT2D eigenvalue weighted by Gasteiger charge is 2.21. The van der Waals surface area contributed by atoms with E-state index < -0.39 is 0 Å². The Labute approximate surface area is 261 Å². The molecule has 0 amide bonds. The molecule has 0 saturated carbocycles. The summed E-state index contributed by atoms with van der Waals surface area (Å²) < 4.78 is 0. The highest BCUT2D eigenvalue weighted by molar-refractivity contribution is 7.99. The van der Waals surface area contributed by atoms with Crippen molar-refractivity contribution < 1.29 is 0 Å². The fourth-order valence-corrected chi connectivity index (χ4v) is 8.02. The Morgan fingerprint density at radius 2 is 0.575 bits per heavy atom. The largest absolute Gasteiger partial charge is 0.158 e. The van der Waals surface area contributed by atoms with Gasteiger partial charge in [-0.05, 0) is 37.4 Å². The van der Waals surface area contributed by atoms with Crippen LogP contribution in [0, 0.1) is 5.92 Å². The lowest BCUT2D eigenvalue weighted by Gasteiger charge is -2.28. The molecule has 0 heterocycles. The van der Waals surface area contributed by atoms with E-state index in [1.54, 1.807) is 0 Å². The Kier molecular flexibility index (Phi) is 35.9. The predicted molar refractivity (Wildman–Crippen MR) is 190 cm³/mol. The van der Waals surface area contributed by atoms with Crippen molar-refractivity contribution in [3.63, 3.8) is 0 Å². The van der Waals surface area contributed by atoms with Crippen LogP contribution in [0.3, 0.4) is 0 Å². The summed E-state index contributed by atoms with van der Waals surface area (Å²) in [5.41, 5.74) is 0. The van der Waals surface area contributed by atoms with E-state index in [4.69, 9.17) is 0 Å². The summed E-state index contributed by atoms with van der Waals surface area (Å²) in [7, 11) is 0. The number of rotatable bonds is 35. The summed E-state index contributed by atoms with van der Waals surface area (Å²) in [6.45, 7) is 9.34. The van der Waals surface area contributed by atoms with E-state index in [0.717, 1.165) is 11.2 Å². The minimum Gasteiger partial charge on any atom is -0.158 e. The van der Waals surface area contributed by atoms with Gasteiger partial charge in [0, 0.05) is 5.25 Å². The lowest BCUT2D eigenvalue weighted by atomic mass is 9.89. The van der Waals surface area contributed by atoms with Crippen LogP contribution < -0.4 is 0 Å². The van der Waals surface area contributed by atoms with Gasteiger partial charge in [0.2, 0.25) is 0 Å². The maximum atomic E-state index is 2.42. The van der Waals surface area contributed by atoms with Crippen LogP contribution >= 0.6 is 11.8 Å². The third kappa shape index (κ3) is 29.8. The van der Waals surface area contributed by atoms with Gasteiger partial charge in [0.05, 0.1) is 0 Å². The number of hydrogen-bond acceptors (Lipinski definition) is 1. The van der Waals surface area contributed by atoms with Crippen molar-refractivity contribution in [1.82, 2.24) is 0 Å². The van der Waals surface area contributed by atoms with Crippen molar-refractivity contribution in [2.45, 2.75) is 238 Å². The molecule has 40 heavy (non-hydrogen) atoms. The molecule has 0 aliphatic heterocycles. The van der Waals surface area contributed by atoms with Gasteiger partial charge in [-0.2, -0.15) is 11.8 Å². The summed E-state index contributed by atoms with van der Waals surface area (Å²) in [4.78, 5) is 0. The Morgan fingerprint density at radius 1 is 0.300 bits per heavy atom. The first-order valence-corrected chi connectivity index (χ1v) is 20.5. The Morgan fingerprint density at radius 3 is 0.925 bits per heavy atom. The third-order valence-electron chi connectivity index (χ3n) is 9.30. The van der Waals surface area contributed by atoms with Crippen molar-refractivity contribution >= 4 is 11.8 Å². The molecule has 242 valence electrons. The van der Waals surface area contributed by atoms with E-state index in [1.165, 1.54) is 211 Å². The minimum absolute atomic E-state index is 0.945. The maximum Gasteiger partial charge on any atom is 0.00753 e. The average molecular weight is 581 g/mol. The van der Waals surface area contributed by atoms with Gasteiger partial charge >= 0.3 is 0 Å². The lowest BCUT2D eigenvalue weighted by Crippen LogP contribution is -2.19. The highest BCUT2D eigenvalue weighted by Crippen LogP contribution is 2.34. The van der Waals surface area contributed by atoms with Gasteiger partial charge in [-0.15, -0.1) is 0 Å². The molecular weight excluding hydrogens is 500 g/mol. The fraction of sp³-hybridized carbons (Fsp3) is 1.00. The molecule has 0 aliphatic rings. The van der Waals surface area contributed by atoms with Gasteiger partial charge in [-0.25, -0.2) is 0 Å². The molecule has 0 spiro atoms. The van der Waals surface area contributed by atoms with Crippen LogP contribution in [0.15, 0.2) is 0 Å². The van der Waals surface area contributed by atoms with Crippen molar-refractivity contribution in [1.29, 1.82) is 0 Å². The first kappa shape index (κ1) is 40.4.